The molecule has 0 spiro atoms. The summed E-state index contributed by atoms with van der Waals surface area (Å²) < 4.78 is 5.61. The molecule has 4 nitrogen and oxygen atoms in total. The molecule has 1 aliphatic rings. The topological polar surface area (TPSA) is 58.6 Å². The van der Waals surface area contributed by atoms with E-state index in [4.69, 9.17) is 4.74 Å². The molecule has 1 amide bonds. The van der Waals surface area contributed by atoms with Gasteiger partial charge in [0.1, 0.15) is 5.75 Å². The van der Waals surface area contributed by atoms with Crippen LogP contribution in [0.4, 0.5) is 0 Å². The van der Waals surface area contributed by atoms with Crippen LogP contribution in [0, 0.1) is 6.92 Å². The maximum Gasteiger partial charge on any atom is 0.251 e. The van der Waals surface area contributed by atoms with E-state index in [1.807, 2.05) is 6.92 Å². The number of aromatic hydroxyl groups is 1. The Labute approximate surface area is 107 Å². The largest absolute Gasteiger partial charge is 0.508 e. The minimum Gasteiger partial charge on any atom is -0.508 e. The van der Waals surface area contributed by atoms with E-state index in [2.05, 4.69) is 5.32 Å². The molecule has 18 heavy (non-hydrogen) atoms. The molecule has 98 valence electrons. The van der Waals surface area contributed by atoms with E-state index in [1.54, 1.807) is 19.1 Å². The minimum absolute atomic E-state index is 0.144. The van der Waals surface area contributed by atoms with Crippen molar-refractivity contribution in [1.29, 1.82) is 0 Å². The van der Waals surface area contributed by atoms with Crippen LogP contribution >= 0.6 is 0 Å². The Hall–Kier alpha value is -1.55. The summed E-state index contributed by atoms with van der Waals surface area (Å²) in [6, 6.07) is 4.93. The summed E-state index contributed by atoms with van der Waals surface area (Å²) in [7, 11) is 0. The van der Waals surface area contributed by atoms with Crippen molar-refractivity contribution >= 4 is 5.91 Å². The zero-order valence-corrected chi connectivity index (χ0v) is 10.8. The quantitative estimate of drug-likeness (QED) is 0.861. The van der Waals surface area contributed by atoms with Gasteiger partial charge in [-0.05, 0) is 44.4 Å². The number of amides is 1. The van der Waals surface area contributed by atoms with Crippen molar-refractivity contribution in [3.8, 4) is 5.75 Å². The van der Waals surface area contributed by atoms with Crippen molar-refractivity contribution in [3.63, 3.8) is 0 Å². The number of rotatable bonds is 3. The Bertz CT molecular complexity index is 450. The number of phenols is 1. The van der Waals surface area contributed by atoms with Crippen LogP contribution in [0.2, 0.25) is 0 Å². The number of carbonyl (C=O) groups is 1. The summed E-state index contributed by atoms with van der Waals surface area (Å²) in [5, 5.41) is 12.4. The van der Waals surface area contributed by atoms with Crippen LogP contribution in [0.1, 0.15) is 35.7 Å². The number of phenolic OH excluding ortho intramolecular Hbond substituents is 1. The third kappa shape index (κ3) is 2.82. The van der Waals surface area contributed by atoms with E-state index in [-0.39, 0.29) is 17.3 Å². The van der Waals surface area contributed by atoms with Crippen LogP contribution in [-0.2, 0) is 4.74 Å². The highest BCUT2D eigenvalue weighted by atomic mass is 16.5. The first kappa shape index (κ1) is 12.9. The van der Waals surface area contributed by atoms with Crippen molar-refractivity contribution in [2.45, 2.75) is 32.3 Å². The van der Waals surface area contributed by atoms with Gasteiger partial charge in [-0.1, -0.05) is 6.07 Å². The van der Waals surface area contributed by atoms with E-state index in [9.17, 15) is 9.90 Å². The van der Waals surface area contributed by atoms with Crippen LogP contribution in [0.15, 0.2) is 18.2 Å². The Morgan fingerprint density at radius 3 is 2.94 bits per heavy atom. The van der Waals surface area contributed by atoms with Crippen LogP contribution in [0.3, 0.4) is 0 Å². The Kier molecular flexibility index (Phi) is 3.57. The molecule has 1 atom stereocenters. The second kappa shape index (κ2) is 4.98. The van der Waals surface area contributed by atoms with Crippen molar-refractivity contribution in [3.05, 3.63) is 29.3 Å². The van der Waals surface area contributed by atoms with Gasteiger partial charge in [0, 0.05) is 18.7 Å². The number of nitrogens with one attached hydrogen (secondary N) is 1. The van der Waals surface area contributed by atoms with E-state index in [1.165, 1.54) is 6.07 Å². The molecule has 1 saturated heterocycles. The standard InChI is InChI=1S/C14H19NO3/c1-10-4-5-11(8-12(10)16)13(17)15-9-14(2)6-3-7-18-14/h4-5,8,16H,3,6-7,9H2,1-2H3,(H,15,17). The second-order valence-corrected chi connectivity index (χ2v) is 5.09. The van der Waals surface area contributed by atoms with E-state index >= 15 is 0 Å². The van der Waals surface area contributed by atoms with E-state index in [0.717, 1.165) is 25.0 Å². The third-order valence-electron chi connectivity index (χ3n) is 3.39. The van der Waals surface area contributed by atoms with Gasteiger partial charge < -0.3 is 15.2 Å². The van der Waals surface area contributed by atoms with E-state index < -0.39 is 0 Å². The lowest BCUT2D eigenvalue weighted by molar-refractivity contribution is 0.0206. The molecule has 0 aromatic heterocycles. The van der Waals surface area contributed by atoms with Crippen molar-refractivity contribution < 1.29 is 14.6 Å². The molecule has 1 heterocycles. The fraction of sp³-hybridized carbons (Fsp3) is 0.500. The van der Waals surface area contributed by atoms with Gasteiger partial charge in [0.25, 0.3) is 5.91 Å². The molecule has 4 heteroatoms. The van der Waals surface area contributed by atoms with Gasteiger partial charge >= 0.3 is 0 Å². The number of aryl methyl sites for hydroxylation is 1. The SMILES string of the molecule is Cc1ccc(C(=O)NCC2(C)CCCO2)cc1O. The van der Waals surface area contributed by atoms with Crippen LogP contribution in [-0.4, -0.2) is 29.8 Å². The Morgan fingerprint density at radius 2 is 2.33 bits per heavy atom. The van der Waals surface area contributed by atoms with Gasteiger partial charge in [0.05, 0.1) is 5.60 Å². The third-order valence-corrected chi connectivity index (χ3v) is 3.39. The molecule has 0 aliphatic carbocycles. The summed E-state index contributed by atoms with van der Waals surface area (Å²) in [5.74, 6) is -0.0343. The van der Waals surface area contributed by atoms with E-state index in [0.29, 0.717) is 12.1 Å². The Balaban J connectivity index is 1.97. The lowest BCUT2D eigenvalue weighted by Crippen LogP contribution is -2.40. The summed E-state index contributed by atoms with van der Waals surface area (Å²) in [6.07, 6.45) is 2.00. The lowest BCUT2D eigenvalue weighted by Gasteiger charge is -2.23. The normalized spacial score (nSPS) is 23.0. The van der Waals surface area contributed by atoms with Gasteiger partial charge in [0.2, 0.25) is 0 Å². The molecule has 1 unspecified atom stereocenters. The zero-order valence-electron chi connectivity index (χ0n) is 10.8. The molecular formula is C14H19NO3. The highest BCUT2D eigenvalue weighted by Crippen LogP contribution is 2.24. The molecule has 1 aromatic carbocycles. The van der Waals surface area contributed by atoms with Crippen molar-refractivity contribution in [1.82, 2.24) is 5.32 Å². The number of hydrogen-bond acceptors (Lipinski definition) is 3. The van der Waals surface area contributed by atoms with Gasteiger partial charge in [-0.15, -0.1) is 0 Å². The molecule has 1 aliphatic heterocycles. The average Bonchev–Trinajstić information content (AvgIpc) is 2.77. The maximum absolute atomic E-state index is 11.9. The lowest BCUT2D eigenvalue weighted by atomic mass is 10.0. The smallest absolute Gasteiger partial charge is 0.251 e. The monoisotopic (exact) mass is 249 g/mol. The molecular weight excluding hydrogens is 230 g/mol. The number of benzene rings is 1. The summed E-state index contributed by atoms with van der Waals surface area (Å²) in [6.45, 7) is 5.06. The van der Waals surface area contributed by atoms with Crippen LogP contribution in [0.5, 0.6) is 5.75 Å². The summed E-state index contributed by atoms with van der Waals surface area (Å²) in [5.41, 5.74) is 0.986. The predicted molar refractivity (Wildman–Crippen MR) is 68.8 cm³/mol. The minimum atomic E-state index is -0.248. The molecule has 0 radical (unpaired) electrons. The molecule has 1 aromatic rings. The molecule has 0 bridgehead atoms. The van der Waals surface area contributed by atoms with Gasteiger partial charge in [-0.3, -0.25) is 4.79 Å². The molecule has 0 saturated carbocycles. The van der Waals surface area contributed by atoms with Gasteiger partial charge in [-0.2, -0.15) is 0 Å². The summed E-state index contributed by atoms with van der Waals surface area (Å²) >= 11 is 0. The Morgan fingerprint density at radius 1 is 1.56 bits per heavy atom. The first-order valence-electron chi connectivity index (χ1n) is 6.22. The highest BCUT2D eigenvalue weighted by molar-refractivity contribution is 5.94. The molecule has 1 fully saturated rings. The zero-order chi connectivity index (χ0) is 13.2. The first-order valence-corrected chi connectivity index (χ1v) is 6.22. The summed E-state index contributed by atoms with van der Waals surface area (Å²) in [4.78, 5) is 11.9. The molecule has 2 N–H and O–H groups in total. The number of carbonyl (C=O) groups excluding carboxylic acids is 1. The highest BCUT2D eigenvalue weighted by Gasteiger charge is 2.30. The molecule has 2 rings (SSSR count). The number of hydrogen-bond donors (Lipinski definition) is 2. The maximum atomic E-state index is 11.9. The average molecular weight is 249 g/mol. The van der Waals surface area contributed by atoms with Crippen molar-refractivity contribution in [2.75, 3.05) is 13.2 Å². The van der Waals surface area contributed by atoms with Crippen LogP contribution in [0.25, 0.3) is 0 Å². The first-order chi connectivity index (χ1) is 8.50. The fourth-order valence-electron chi connectivity index (χ4n) is 2.10. The second-order valence-electron chi connectivity index (χ2n) is 5.09. The fourth-order valence-corrected chi connectivity index (χ4v) is 2.10. The predicted octanol–water partition coefficient (Wildman–Crippen LogP) is 2.00. The van der Waals surface area contributed by atoms with Crippen molar-refractivity contribution in [2.24, 2.45) is 0 Å². The van der Waals surface area contributed by atoms with Gasteiger partial charge in [-0.25, -0.2) is 0 Å². The number of ether oxygens (including phenoxy) is 1. The van der Waals surface area contributed by atoms with Crippen LogP contribution < -0.4 is 5.32 Å². The van der Waals surface area contributed by atoms with Gasteiger partial charge in [0.15, 0.2) is 0 Å².